The first-order chi connectivity index (χ1) is 13.1. The van der Waals surface area contributed by atoms with E-state index in [9.17, 15) is 9.90 Å². The highest BCUT2D eigenvalue weighted by Crippen LogP contribution is 2.37. The number of aliphatic hydroxyl groups excluding tert-OH is 1. The molecular formula is C21H24ClN3O2. The van der Waals surface area contributed by atoms with E-state index in [0.717, 1.165) is 42.6 Å². The van der Waals surface area contributed by atoms with Crippen LogP contribution in [0, 0.1) is 5.41 Å². The second-order valence-electron chi connectivity index (χ2n) is 7.51. The van der Waals surface area contributed by atoms with Crippen molar-refractivity contribution in [2.24, 2.45) is 5.41 Å². The molecule has 1 aliphatic carbocycles. The standard InChI is InChI=1S/C21H24ClN3O2/c22-16-7-5-6-15(12-16)18-17-8-1-4-11-25(17)19(24-18)20(27)23-13-21(14-26)9-2-3-10-21/h1,4-8,11-12,19,24,26H,2-3,9-10,13-14H2,(H,23,27). The molecule has 0 aromatic heterocycles. The Bertz CT molecular complexity index is 824. The summed E-state index contributed by atoms with van der Waals surface area (Å²) in [6, 6.07) is 7.60. The Balaban J connectivity index is 1.52. The lowest BCUT2D eigenvalue weighted by Crippen LogP contribution is -2.50. The highest BCUT2D eigenvalue weighted by Gasteiger charge is 2.38. The zero-order valence-electron chi connectivity index (χ0n) is 15.1. The van der Waals surface area contributed by atoms with Crippen LogP contribution in [0.15, 0.2) is 54.4 Å². The molecule has 1 amide bonds. The van der Waals surface area contributed by atoms with Gasteiger partial charge in [0.15, 0.2) is 6.17 Å². The van der Waals surface area contributed by atoms with Gasteiger partial charge in [-0.05, 0) is 37.1 Å². The molecule has 0 saturated heterocycles. The minimum Gasteiger partial charge on any atom is -0.396 e. The number of hydrogen-bond donors (Lipinski definition) is 3. The van der Waals surface area contributed by atoms with Crippen LogP contribution in [0.4, 0.5) is 0 Å². The SMILES string of the molecule is O=C(NCC1(CO)CCCC1)C1NC(c2cccc(Cl)c2)=C2C=CC=CN21. The number of benzene rings is 1. The van der Waals surface area contributed by atoms with Crippen LogP contribution >= 0.6 is 11.6 Å². The highest BCUT2D eigenvalue weighted by molar-refractivity contribution is 6.30. The molecule has 1 atom stereocenters. The summed E-state index contributed by atoms with van der Waals surface area (Å²) in [5.41, 5.74) is 2.60. The molecular weight excluding hydrogens is 362 g/mol. The lowest BCUT2D eigenvalue weighted by atomic mass is 9.87. The molecule has 3 N–H and O–H groups in total. The highest BCUT2D eigenvalue weighted by atomic mass is 35.5. The third-order valence-electron chi connectivity index (χ3n) is 5.70. The predicted octanol–water partition coefficient (Wildman–Crippen LogP) is 2.99. The molecule has 1 saturated carbocycles. The van der Waals surface area contributed by atoms with Gasteiger partial charge in [-0.3, -0.25) is 4.79 Å². The van der Waals surface area contributed by atoms with E-state index in [4.69, 9.17) is 11.6 Å². The van der Waals surface area contributed by atoms with Crippen molar-refractivity contribution in [2.45, 2.75) is 31.8 Å². The van der Waals surface area contributed by atoms with Crippen molar-refractivity contribution >= 4 is 23.2 Å². The summed E-state index contributed by atoms with van der Waals surface area (Å²) in [5, 5.41) is 16.8. The molecule has 0 bridgehead atoms. The number of rotatable bonds is 5. The maximum Gasteiger partial charge on any atom is 0.263 e. The van der Waals surface area contributed by atoms with Crippen LogP contribution in [0.1, 0.15) is 31.2 Å². The number of hydrogen-bond acceptors (Lipinski definition) is 4. The molecule has 5 nitrogen and oxygen atoms in total. The summed E-state index contributed by atoms with van der Waals surface area (Å²) in [5.74, 6) is -0.0933. The molecule has 142 valence electrons. The Kier molecular flexibility index (Phi) is 4.98. The molecule has 1 fully saturated rings. The molecule has 6 heteroatoms. The second-order valence-corrected chi connectivity index (χ2v) is 7.94. The van der Waals surface area contributed by atoms with Crippen LogP contribution < -0.4 is 10.6 Å². The molecule has 27 heavy (non-hydrogen) atoms. The third kappa shape index (κ3) is 3.49. The Morgan fingerprint density at radius 1 is 1.33 bits per heavy atom. The van der Waals surface area contributed by atoms with Gasteiger partial charge in [0.1, 0.15) is 0 Å². The number of carbonyl (C=O) groups is 1. The molecule has 2 aliphatic heterocycles. The molecule has 0 radical (unpaired) electrons. The van der Waals surface area contributed by atoms with E-state index in [1.807, 2.05) is 53.6 Å². The van der Waals surface area contributed by atoms with E-state index in [2.05, 4.69) is 10.6 Å². The lowest BCUT2D eigenvalue weighted by Gasteiger charge is -2.29. The minimum absolute atomic E-state index is 0.0933. The Hall–Kier alpha value is -2.24. The van der Waals surface area contributed by atoms with E-state index in [0.29, 0.717) is 11.6 Å². The molecule has 3 aliphatic rings. The lowest BCUT2D eigenvalue weighted by molar-refractivity contribution is -0.125. The second kappa shape index (κ2) is 7.41. The topological polar surface area (TPSA) is 64.6 Å². The normalized spacial score (nSPS) is 22.7. The Morgan fingerprint density at radius 2 is 2.15 bits per heavy atom. The van der Waals surface area contributed by atoms with Crippen LogP contribution in [-0.2, 0) is 4.79 Å². The Labute approximate surface area is 164 Å². The first-order valence-corrected chi connectivity index (χ1v) is 9.78. The summed E-state index contributed by atoms with van der Waals surface area (Å²) >= 11 is 6.15. The van der Waals surface area contributed by atoms with Gasteiger partial charge in [0.05, 0.1) is 18.0 Å². The summed E-state index contributed by atoms with van der Waals surface area (Å²) < 4.78 is 0. The number of allylic oxidation sites excluding steroid dienone is 3. The van der Waals surface area contributed by atoms with E-state index < -0.39 is 6.17 Å². The first-order valence-electron chi connectivity index (χ1n) is 9.40. The van der Waals surface area contributed by atoms with Crippen molar-refractivity contribution in [2.75, 3.05) is 13.2 Å². The van der Waals surface area contributed by atoms with Crippen molar-refractivity contribution < 1.29 is 9.90 Å². The summed E-state index contributed by atoms with van der Waals surface area (Å²) in [6.45, 7) is 0.630. The van der Waals surface area contributed by atoms with E-state index in [1.54, 1.807) is 0 Å². The van der Waals surface area contributed by atoms with Gasteiger partial charge in [-0.2, -0.15) is 0 Å². The monoisotopic (exact) mass is 385 g/mol. The average Bonchev–Trinajstić information content (AvgIpc) is 3.32. The Morgan fingerprint density at radius 3 is 2.89 bits per heavy atom. The fraction of sp³-hybridized carbons (Fsp3) is 0.381. The number of carbonyl (C=O) groups excluding carboxylic acids is 1. The number of amides is 1. The predicted molar refractivity (Wildman–Crippen MR) is 106 cm³/mol. The number of nitrogens with zero attached hydrogens (tertiary/aromatic N) is 1. The maximum atomic E-state index is 13.0. The maximum absolute atomic E-state index is 13.0. The molecule has 1 unspecified atom stereocenters. The van der Waals surface area contributed by atoms with Crippen LogP contribution in [0.2, 0.25) is 5.02 Å². The number of halogens is 1. The van der Waals surface area contributed by atoms with E-state index >= 15 is 0 Å². The van der Waals surface area contributed by atoms with Crippen LogP contribution in [-0.4, -0.2) is 35.2 Å². The molecule has 0 spiro atoms. The van der Waals surface area contributed by atoms with Gasteiger partial charge < -0.3 is 20.6 Å². The smallest absolute Gasteiger partial charge is 0.263 e. The van der Waals surface area contributed by atoms with Crippen LogP contribution in [0.3, 0.4) is 0 Å². The van der Waals surface area contributed by atoms with Gasteiger partial charge in [0.25, 0.3) is 5.91 Å². The number of nitrogens with one attached hydrogen (secondary N) is 2. The first kappa shape index (κ1) is 18.1. The fourth-order valence-corrected chi connectivity index (χ4v) is 4.32. The molecule has 4 rings (SSSR count). The molecule has 1 aromatic carbocycles. The van der Waals surface area contributed by atoms with Crippen molar-refractivity contribution in [1.29, 1.82) is 0 Å². The van der Waals surface area contributed by atoms with Gasteiger partial charge in [-0.1, -0.05) is 42.7 Å². The molecule has 2 heterocycles. The number of fused-ring (bicyclic) bond motifs is 1. The summed E-state index contributed by atoms with van der Waals surface area (Å²) in [6.07, 6.45) is 11.4. The van der Waals surface area contributed by atoms with Crippen LogP contribution in [0.25, 0.3) is 5.70 Å². The van der Waals surface area contributed by atoms with Gasteiger partial charge in [0, 0.05) is 28.7 Å². The van der Waals surface area contributed by atoms with Gasteiger partial charge in [-0.15, -0.1) is 0 Å². The fourth-order valence-electron chi connectivity index (χ4n) is 4.13. The third-order valence-corrected chi connectivity index (χ3v) is 5.94. The van der Waals surface area contributed by atoms with E-state index in [1.165, 1.54) is 0 Å². The number of aliphatic hydroxyl groups is 1. The summed E-state index contributed by atoms with van der Waals surface area (Å²) in [4.78, 5) is 14.9. The largest absolute Gasteiger partial charge is 0.396 e. The van der Waals surface area contributed by atoms with E-state index in [-0.39, 0.29) is 17.9 Å². The van der Waals surface area contributed by atoms with Crippen molar-refractivity contribution in [3.8, 4) is 0 Å². The van der Waals surface area contributed by atoms with Gasteiger partial charge in [0.2, 0.25) is 0 Å². The van der Waals surface area contributed by atoms with Crippen molar-refractivity contribution in [3.63, 3.8) is 0 Å². The van der Waals surface area contributed by atoms with Gasteiger partial charge >= 0.3 is 0 Å². The average molecular weight is 386 g/mol. The zero-order valence-corrected chi connectivity index (χ0v) is 15.9. The van der Waals surface area contributed by atoms with Crippen molar-refractivity contribution in [3.05, 3.63) is 65.0 Å². The summed E-state index contributed by atoms with van der Waals surface area (Å²) in [7, 11) is 0. The zero-order chi connectivity index (χ0) is 18.9. The van der Waals surface area contributed by atoms with Crippen LogP contribution in [0.5, 0.6) is 0 Å². The quantitative estimate of drug-likeness (QED) is 0.729. The minimum atomic E-state index is -0.521. The molecule has 1 aromatic rings. The van der Waals surface area contributed by atoms with Crippen molar-refractivity contribution in [1.82, 2.24) is 15.5 Å². The van der Waals surface area contributed by atoms with Gasteiger partial charge in [-0.25, -0.2) is 0 Å².